The first-order valence-corrected chi connectivity index (χ1v) is 16.6. The first-order chi connectivity index (χ1) is 23.6. The molecule has 1 aliphatic carbocycles. The summed E-state index contributed by atoms with van der Waals surface area (Å²) in [6.07, 6.45) is 0. The molecule has 3 heteroatoms. The second-order valence-electron chi connectivity index (χ2n) is 13.4. The molecule has 0 bridgehead atoms. The van der Waals surface area contributed by atoms with Gasteiger partial charge in [0.05, 0.1) is 22.2 Å². The second kappa shape index (κ2) is 9.97. The molecular formula is C45H31N3. The van der Waals surface area contributed by atoms with Crippen molar-refractivity contribution in [1.29, 1.82) is 0 Å². The van der Waals surface area contributed by atoms with E-state index in [9.17, 15) is 0 Å². The minimum atomic E-state index is -0.0934. The van der Waals surface area contributed by atoms with Gasteiger partial charge < -0.3 is 0 Å². The van der Waals surface area contributed by atoms with E-state index >= 15 is 0 Å². The monoisotopic (exact) mass is 613 g/mol. The molecule has 0 N–H and O–H groups in total. The zero-order valence-corrected chi connectivity index (χ0v) is 26.8. The first-order valence-electron chi connectivity index (χ1n) is 16.6. The molecule has 0 unspecified atom stereocenters. The highest BCUT2D eigenvalue weighted by atomic mass is 15.2. The fraction of sp³-hybridized carbons (Fsp3) is 0.0667. The van der Waals surface area contributed by atoms with Crippen molar-refractivity contribution >= 4 is 43.5 Å². The van der Waals surface area contributed by atoms with E-state index in [2.05, 4.69) is 170 Å². The van der Waals surface area contributed by atoms with E-state index in [4.69, 9.17) is 9.97 Å². The molecule has 0 radical (unpaired) electrons. The summed E-state index contributed by atoms with van der Waals surface area (Å²) in [6, 6.07) is 54.4. The van der Waals surface area contributed by atoms with Crippen LogP contribution in [0.4, 0.5) is 0 Å². The molecule has 0 saturated heterocycles. The maximum Gasteiger partial charge on any atom is 0.235 e. The fourth-order valence-electron chi connectivity index (χ4n) is 8.22. The Kier molecular flexibility index (Phi) is 5.63. The van der Waals surface area contributed by atoms with E-state index < -0.39 is 0 Å². The molecular weight excluding hydrogens is 583 g/mol. The molecule has 0 spiro atoms. The molecule has 9 aromatic rings. The molecule has 10 rings (SSSR count). The molecule has 7 aromatic carbocycles. The van der Waals surface area contributed by atoms with E-state index in [-0.39, 0.29) is 5.41 Å². The van der Waals surface area contributed by atoms with Gasteiger partial charge in [-0.05, 0) is 62.4 Å². The number of fused-ring (bicyclic) bond motifs is 10. The van der Waals surface area contributed by atoms with Gasteiger partial charge in [0, 0.05) is 27.1 Å². The number of hydrogen-bond acceptors (Lipinski definition) is 2. The lowest BCUT2D eigenvalue weighted by Gasteiger charge is -2.23. The molecule has 2 aromatic heterocycles. The summed E-state index contributed by atoms with van der Waals surface area (Å²) in [5.74, 6) is 0.676. The van der Waals surface area contributed by atoms with Crippen molar-refractivity contribution < 1.29 is 0 Å². The molecule has 2 heterocycles. The number of nitrogens with zero attached hydrogens (tertiary/aromatic N) is 3. The van der Waals surface area contributed by atoms with Gasteiger partial charge in [-0.2, -0.15) is 0 Å². The summed E-state index contributed by atoms with van der Waals surface area (Å²) >= 11 is 0. The smallest absolute Gasteiger partial charge is 0.235 e. The maximum absolute atomic E-state index is 5.36. The molecule has 0 amide bonds. The van der Waals surface area contributed by atoms with E-state index in [1.807, 2.05) is 0 Å². The second-order valence-corrected chi connectivity index (χ2v) is 13.4. The summed E-state index contributed by atoms with van der Waals surface area (Å²) in [7, 11) is 0. The van der Waals surface area contributed by atoms with Crippen LogP contribution in [0.3, 0.4) is 0 Å². The van der Waals surface area contributed by atoms with Crippen LogP contribution in [0.1, 0.15) is 25.0 Å². The Hall–Kier alpha value is -6.06. The summed E-state index contributed by atoms with van der Waals surface area (Å²) in [5.41, 5.74) is 12.9. The van der Waals surface area contributed by atoms with Gasteiger partial charge in [0.15, 0.2) is 0 Å². The van der Waals surface area contributed by atoms with Crippen molar-refractivity contribution in [2.24, 2.45) is 0 Å². The average Bonchev–Trinajstić information content (AvgIpc) is 3.60. The predicted molar refractivity (Wildman–Crippen MR) is 200 cm³/mol. The Bertz CT molecular complexity index is 2730. The summed E-state index contributed by atoms with van der Waals surface area (Å²) in [5, 5.41) is 6.06. The van der Waals surface area contributed by atoms with Crippen LogP contribution in [0.25, 0.3) is 82.9 Å². The lowest BCUT2D eigenvalue weighted by molar-refractivity contribution is 0.666. The molecule has 48 heavy (non-hydrogen) atoms. The Morgan fingerprint density at radius 2 is 1.12 bits per heavy atom. The van der Waals surface area contributed by atoms with Crippen molar-refractivity contribution in [2.45, 2.75) is 19.3 Å². The number of para-hydroxylation sites is 2. The van der Waals surface area contributed by atoms with Gasteiger partial charge in [-0.25, -0.2) is 9.97 Å². The first kappa shape index (κ1) is 27.1. The topological polar surface area (TPSA) is 30.7 Å². The molecule has 3 nitrogen and oxygen atoms in total. The van der Waals surface area contributed by atoms with Gasteiger partial charge in [0.1, 0.15) is 0 Å². The van der Waals surface area contributed by atoms with Crippen LogP contribution in [0.15, 0.2) is 152 Å². The van der Waals surface area contributed by atoms with Gasteiger partial charge in [-0.1, -0.05) is 147 Å². The van der Waals surface area contributed by atoms with Gasteiger partial charge in [0.25, 0.3) is 0 Å². The Balaban J connectivity index is 1.22. The number of rotatable bonds is 3. The van der Waals surface area contributed by atoms with Crippen LogP contribution in [0, 0.1) is 0 Å². The minimum Gasteiger partial charge on any atom is -0.278 e. The molecule has 0 saturated carbocycles. The quantitative estimate of drug-likeness (QED) is 0.198. The Morgan fingerprint density at radius 1 is 0.458 bits per heavy atom. The van der Waals surface area contributed by atoms with Crippen molar-refractivity contribution in [3.8, 4) is 39.5 Å². The third-order valence-electron chi connectivity index (χ3n) is 10.4. The van der Waals surface area contributed by atoms with Gasteiger partial charge in [-0.15, -0.1) is 0 Å². The zero-order chi connectivity index (χ0) is 32.0. The zero-order valence-electron chi connectivity index (χ0n) is 26.8. The third kappa shape index (κ3) is 3.76. The summed E-state index contributed by atoms with van der Waals surface area (Å²) < 4.78 is 2.26. The lowest BCUT2D eigenvalue weighted by atomic mass is 9.80. The average molecular weight is 614 g/mol. The molecule has 0 atom stereocenters. The summed E-state index contributed by atoms with van der Waals surface area (Å²) in [4.78, 5) is 10.6. The van der Waals surface area contributed by atoms with Gasteiger partial charge >= 0.3 is 0 Å². The molecule has 226 valence electrons. The van der Waals surface area contributed by atoms with Gasteiger partial charge in [0.2, 0.25) is 5.95 Å². The lowest BCUT2D eigenvalue weighted by Crippen LogP contribution is -2.15. The van der Waals surface area contributed by atoms with Crippen LogP contribution in [0.2, 0.25) is 0 Å². The highest BCUT2D eigenvalue weighted by Crippen LogP contribution is 2.52. The van der Waals surface area contributed by atoms with Crippen LogP contribution in [-0.4, -0.2) is 14.5 Å². The van der Waals surface area contributed by atoms with E-state index in [0.717, 1.165) is 33.2 Å². The van der Waals surface area contributed by atoms with Gasteiger partial charge in [-0.3, -0.25) is 4.57 Å². The van der Waals surface area contributed by atoms with Crippen molar-refractivity contribution in [3.05, 3.63) is 163 Å². The minimum absolute atomic E-state index is 0.0934. The Labute approximate surface area is 278 Å². The van der Waals surface area contributed by atoms with Crippen molar-refractivity contribution in [2.75, 3.05) is 0 Å². The van der Waals surface area contributed by atoms with E-state index in [1.54, 1.807) is 0 Å². The third-order valence-corrected chi connectivity index (χ3v) is 10.4. The highest BCUT2D eigenvalue weighted by Gasteiger charge is 2.37. The van der Waals surface area contributed by atoms with Crippen LogP contribution in [0.5, 0.6) is 0 Å². The van der Waals surface area contributed by atoms with Crippen LogP contribution < -0.4 is 0 Å². The highest BCUT2D eigenvalue weighted by molar-refractivity contribution is 6.22. The van der Waals surface area contributed by atoms with Crippen LogP contribution >= 0.6 is 0 Å². The predicted octanol–water partition coefficient (Wildman–Crippen LogP) is 11.5. The number of aromatic nitrogens is 3. The fourth-order valence-corrected chi connectivity index (χ4v) is 8.22. The number of benzene rings is 7. The van der Waals surface area contributed by atoms with Crippen LogP contribution in [-0.2, 0) is 5.41 Å². The van der Waals surface area contributed by atoms with E-state index in [0.29, 0.717) is 5.95 Å². The largest absolute Gasteiger partial charge is 0.278 e. The maximum atomic E-state index is 5.36. The van der Waals surface area contributed by atoms with Crippen molar-refractivity contribution in [3.63, 3.8) is 0 Å². The SMILES string of the molecule is CC1(C)c2ccccc2-c2ccc3c(ccc4c3c3ccccc3n4-c3nc(-c4ccc(-c5ccccc5)cc4)c4ccccc4n3)c21. The molecule has 0 fully saturated rings. The van der Waals surface area contributed by atoms with E-state index in [1.165, 1.54) is 54.9 Å². The standard InChI is InChI=1S/C45H31N3/c1-45(2)37-17-9-6-14-31(37)33-25-24-32-34(42(33)45)26-27-40-41(32)36-16-8-11-19-39(36)48(40)44-46-38-18-10-7-15-35(38)43(47-44)30-22-20-29(21-23-30)28-12-4-3-5-13-28/h3-27H,1-2H3. The van der Waals surface area contributed by atoms with Crippen molar-refractivity contribution in [1.82, 2.24) is 14.5 Å². The molecule has 0 aliphatic heterocycles. The number of hydrogen-bond donors (Lipinski definition) is 0. The summed E-state index contributed by atoms with van der Waals surface area (Å²) in [6.45, 7) is 4.73. The normalized spacial score (nSPS) is 13.4. The molecule has 1 aliphatic rings. The Morgan fingerprint density at radius 3 is 1.98 bits per heavy atom.